The number of nitrogens with zero attached hydrogens (tertiary/aromatic N) is 1. The van der Waals surface area contributed by atoms with Crippen LogP contribution in [0.2, 0.25) is 5.02 Å². The molecule has 0 unspecified atom stereocenters. The molecule has 8 heteroatoms. The Kier molecular flexibility index (Phi) is 5.90. The summed E-state index contributed by atoms with van der Waals surface area (Å²) in [5.74, 6) is 0.0251. The summed E-state index contributed by atoms with van der Waals surface area (Å²) in [4.78, 5) is 25.6. The predicted octanol–water partition coefficient (Wildman–Crippen LogP) is 4.61. The van der Waals surface area contributed by atoms with Gasteiger partial charge in [-0.25, -0.2) is 4.79 Å². The Bertz CT molecular complexity index is 1020. The first-order valence-electron chi connectivity index (χ1n) is 9.61. The van der Waals surface area contributed by atoms with Crippen LogP contribution in [0.1, 0.15) is 47.6 Å². The highest BCUT2D eigenvalue weighted by Crippen LogP contribution is 2.47. The molecule has 29 heavy (non-hydrogen) atoms. The molecule has 6 nitrogen and oxygen atoms in total. The number of aromatic nitrogens is 1. The highest BCUT2D eigenvalue weighted by atomic mass is 35.5. The monoisotopic (exact) mass is 435 g/mol. The third-order valence-corrected chi connectivity index (χ3v) is 6.81. The van der Waals surface area contributed by atoms with Crippen LogP contribution in [0.4, 0.5) is 0 Å². The van der Waals surface area contributed by atoms with E-state index in [-0.39, 0.29) is 11.6 Å². The molecule has 1 aliphatic carbocycles. The highest BCUT2D eigenvalue weighted by molar-refractivity contribution is 7.98. The Morgan fingerprint density at radius 1 is 1.31 bits per heavy atom. The molecule has 2 aliphatic rings. The molecule has 0 spiro atoms. The van der Waals surface area contributed by atoms with Gasteiger partial charge in [0.15, 0.2) is 0 Å². The van der Waals surface area contributed by atoms with Crippen molar-refractivity contribution in [2.45, 2.75) is 42.4 Å². The van der Waals surface area contributed by atoms with Crippen LogP contribution in [0, 0.1) is 0 Å². The maximum atomic E-state index is 13.0. The van der Waals surface area contributed by atoms with E-state index in [0.29, 0.717) is 29.7 Å². The Hall–Kier alpha value is -1.96. The summed E-state index contributed by atoms with van der Waals surface area (Å²) in [6, 6.07) is 5.31. The smallest absolute Gasteiger partial charge is 0.341 e. The molecule has 1 aromatic carbocycles. The van der Waals surface area contributed by atoms with Gasteiger partial charge >= 0.3 is 5.97 Å². The van der Waals surface area contributed by atoms with Gasteiger partial charge in [0.1, 0.15) is 11.3 Å². The van der Waals surface area contributed by atoms with Crippen molar-refractivity contribution in [3.63, 3.8) is 0 Å². The van der Waals surface area contributed by atoms with Crippen molar-refractivity contribution in [3.05, 3.63) is 44.7 Å². The maximum absolute atomic E-state index is 13.0. The van der Waals surface area contributed by atoms with E-state index in [4.69, 9.17) is 21.1 Å². The predicted molar refractivity (Wildman–Crippen MR) is 113 cm³/mol. The standard InChI is InChI=1S/C21H22ClNO5S/c1-27-6-3-7-28-17-10-18-14(9-16(17)22)19-12(11-29-18)8-15(21(25)26)20(24)23(19)13-4-2-5-13/h8-10,13H,2-7,11H2,1H3,(H,25,26). The Morgan fingerprint density at radius 3 is 2.76 bits per heavy atom. The number of fused-ring (bicyclic) bond motifs is 3. The van der Waals surface area contributed by atoms with E-state index in [1.54, 1.807) is 23.4 Å². The zero-order valence-electron chi connectivity index (χ0n) is 16.1. The van der Waals surface area contributed by atoms with E-state index < -0.39 is 11.5 Å². The number of benzene rings is 1. The number of halogens is 1. The second-order valence-corrected chi connectivity index (χ2v) is 8.68. The quantitative estimate of drug-likeness (QED) is 0.640. The minimum absolute atomic E-state index is 0.0373. The van der Waals surface area contributed by atoms with Crippen LogP contribution in [-0.2, 0) is 10.5 Å². The average Bonchev–Trinajstić information content (AvgIpc) is 2.65. The summed E-state index contributed by atoms with van der Waals surface area (Å²) < 4.78 is 12.5. The molecule has 0 saturated heterocycles. The van der Waals surface area contributed by atoms with Gasteiger partial charge in [0, 0.05) is 42.4 Å². The molecule has 2 aromatic rings. The molecule has 4 rings (SSSR count). The van der Waals surface area contributed by atoms with Crippen LogP contribution < -0.4 is 10.3 Å². The first-order chi connectivity index (χ1) is 14.0. The fourth-order valence-electron chi connectivity index (χ4n) is 3.74. The van der Waals surface area contributed by atoms with Crippen LogP contribution >= 0.6 is 23.4 Å². The van der Waals surface area contributed by atoms with E-state index >= 15 is 0 Å². The number of aromatic carboxylic acids is 1. The molecule has 0 atom stereocenters. The molecule has 0 bridgehead atoms. The SMILES string of the molecule is COCCCOc1cc2c(cc1Cl)-c1c(cc(C(=O)O)c(=O)n1C1CCC1)CS2. The van der Waals surface area contributed by atoms with Crippen molar-refractivity contribution in [1.29, 1.82) is 0 Å². The lowest BCUT2D eigenvalue weighted by atomic mass is 9.90. The second kappa shape index (κ2) is 8.42. The normalized spacial score (nSPS) is 15.4. The van der Waals surface area contributed by atoms with Gasteiger partial charge in [0.25, 0.3) is 5.56 Å². The minimum Gasteiger partial charge on any atom is -0.492 e. The van der Waals surface area contributed by atoms with Crippen molar-refractivity contribution in [3.8, 4) is 17.0 Å². The summed E-state index contributed by atoms with van der Waals surface area (Å²) in [6.45, 7) is 1.12. The van der Waals surface area contributed by atoms with Crippen LogP contribution in [0.25, 0.3) is 11.3 Å². The molecular formula is C21H22ClNO5S. The van der Waals surface area contributed by atoms with Gasteiger partial charge < -0.3 is 19.1 Å². The highest BCUT2D eigenvalue weighted by Gasteiger charge is 2.31. The number of pyridine rings is 1. The van der Waals surface area contributed by atoms with Gasteiger partial charge in [0.2, 0.25) is 0 Å². The topological polar surface area (TPSA) is 77.8 Å². The molecule has 1 N–H and O–H groups in total. The molecule has 1 aromatic heterocycles. The van der Waals surface area contributed by atoms with Gasteiger partial charge in [-0.3, -0.25) is 4.79 Å². The summed E-state index contributed by atoms with van der Waals surface area (Å²) in [7, 11) is 1.65. The number of thioether (sulfide) groups is 1. The molecule has 0 radical (unpaired) electrons. The number of methoxy groups -OCH3 is 1. The van der Waals surface area contributed by atoms with E-state index in [0.717, 1.165) is 47.4 Å². The van der Waals surface area contributed by atoms with Crippen molar-refractivity contribution in [1.82, 2.24) is 4.57 Å². The second-order valence-electron chi connectivity index (χ2n) is 7.26. The third kappa shape index (κ3) is 3.79. The summed E-state index contributed by atoms with van der Waals surface area (Å²) >= 11 is 8.09. The van der Waals surface area contributed by atoms with Crippen molar-refractivity contribution in [2.75, 3.05) is 20.3 Å². The van der Waals surface area contributed by atoms with Crippen LogP contribution in [0.15, 0.2) is 27.9 Å². The Labute approximate surface area is 177 Å². The molecule has 1 fully saturated rings. The Morgan fingerprint density at radius 2 is 2.10 bits per heavy atom. The largest absolute Gasteiger partial charge is 0.492 e. The van der Waals surface area contributed by atoms with Gasteiger partial charge in [-0.1, -0.05) is 11.6 Å². The number of hydrogen-bond acceptors (Lipinski definition) is 5. The number of rotatable bonds is 7. The van der Waals surface area contributed by atoms with Gasteiger partial charge in [-0.2, -0.15) is 0 Å². The van der Waals surface area contributed by atoms with E-state index in [1.165, 1.54) is 6.07 Å². The zero-order chi connectivity index (χ0) is 20.5. The lowest BCUT2D eigenvalue weighted by molar-refractivity contribution is 0.0693. The summed E-state index contributed by atoms with van der Waals surface area (Å²) in [5.41, 5.74) is 1.92. The third-order valence-electron chi connectivity index (χ3n) is 5.41. The molecule has 2 heterocycles. The van der Waals surface area contributed by atoms with Gasteiger partial charge in [-0.05, 0) is 43.0 Å². The number of hydrogen-bond donors (Lipinski definition) is 1. The first-order valence-corrected chi connectivity index (χ1v) is 11.0. The minimum atomic E-state index is -1.18. The summed E-state index contributed by atoms with van der Waals surface area (Å²) in [6.07, 6.45) is 3.57. The first kappa shape index (κ1) is 20.3. The number of carbonyl (C=O) groups is 1. The lowest BCUT2D eigenvalue weighted by Crippen LogP contribution is -2.35. The number of carboxylic acid groups (broad SMARTS) is 1. The number of ether oxygens (including phenoxy) is 2. The maximum Gasteiger partial charge on any atom is 0.341 e. The summed E-state index contributed by atoms with van der Waals surface area (Å²) in [5, 5.41) is 9.97. The molecule has 0 amide bonds. The molecule has 1 saturated carbocycles. The van der Waals surface area contributed by atoms with Gasteiger partial charge in [-0.15, -0.1) is 11.8 Å². The van der Waals surface area contributed by atoms with Crippen LogP contribution in [0.5, 0.6) is 5.75 Å². The number of carboxylic acids is 1. The zero-order valence-corrected chi connectivity index (χ0v) is 17.6. The van der Waals surface area contributed by atoms with Gasteiger partial charge in [0.05, 0.1) is 17.3 Å². The van der Waals surface area contributed by atoms with Crippen LogP contribution in [-0.4, -0.2) is 36.0 Å². The fraction of sp³-hybridized carbons (Fsp3) is 0.429. The van der Waals surface area contributed by atoms with E-state index in [1.807, 2.05) is 12.1 Å². The lowest BCUT2D eigenvalue weighted by Gasteiger charge is -2.33. The molecule has 154 valence electrons. The molecular weight excluding hydrogens is 414 g/mol. The van der Waals surface area contributed by atoms with E-state index in [9.17, 15) is 14.7 Å². The van der Waals surface area contributed by atoms with E-state index in [2.05, 4.69) is 0 Å². The van der Waals surface area contributed by atoms with Crippen molar-refractivity contribution < 1.29 is 19.4 Å². The van der Waals surface area contributed by atoms with Crippen LogP contribution in [0.3, 0.4) is 0 Å². The Balaban J connectivity index is 1.79. The fourth-order valence-corrected chi connectivity index (χ4v) is 4.99. The average molecular weight is 436 g/mol. The molecule has 1 aliphatic heterocycles. The van der Waals surface area contributed by atoms with Crippen molar-refractivity contribution in [2.24, 2.45) is 0 Å². The van der Waals surface area contributed by atoms with Crippen molar-refractivity contribution >= 4 is 29.3 Å².